The molecule has 0 saturated carbocycles. The van der Waals surface area contributed by atoms with Crippen LogP contribution >= 0.6 is 24.0 Å². The van der Waals surface area contributed by atoms with E-state index in [1.54, 1.807) is 0 Å². The molecule has 0 unspecified atom stereocenters. The second kappa shape index (κ2) is 9.68. The first kappa shape index (κ1) is 22.1. The van der Waals surface area contributed by atoms with Gasteiger partial charge in [0.15, 0.2) is 0 Å². The van der Waals surface area contributed by atoms with E-state index in [1.807, 2.05) is 0 Å². The lowest BCUT2D eigenvalue weighted by Crippen LogP contribution is -2.35. The molecule has 2 rings (SSSR count). The summed E-state index contributed by atoms with van der Waals surface area (Å²) in [6.07, 6.45) is 3.06. The molecule has 1 aliphatic heterocycles. The van der Waals surface area contributed by atoms with Crippen molar-refractivity contribution in [1.29, 1.82) is 0 Å². The zero-order valence-corrected chi connectivity index (χ0v) is 16.4. The van der Waals surface area contributed by atoms with E-state index in [1.165, 1.54) is 25.0 Å². The van der Waals surface area contributed by atoms with Crippen molar-refractivity contribution in [2.75, 3.05) is 26.2 Å². The van der Waals surface area contributed by atoms with E-state index in [-0.39, 0.29) is 22.3 Å². The molecule has 0 aromatic heterocycles. The van der Waals surface area contributed by atoms with Gasteiger partial charge in [-0.1, -0.05) is 18.5 Å². The molecule has 1 aliphatic rings. The topological polar surface area (TPSA) is 92.6 Å². The van der Waals surface area contributed by atoms with E-state index >= 15 is 0 Å². The number of hydrogen-bond donors (Lipinski definition) is 1. The summed E-state index contributed by atoms with van der Waals surface area (Å²) >= 11 is 5.70. The maximum atomic E-state index is 12.2. The first-order valence-electron chi connectivity index (χ1n) is 7.95. The van der Waals surface area contributed by atoms with Crippen LogP contribution in [0.1, 0.15) is 26.2 Å². The molecular weight excluding hydrogens is 389 g/mol. The van der Waals surface area contributed by atoms with E-state index in [0.29, 0.717) is 13.0 Å². The summed E-state index contributed by atoms with van der Waals surface area (Å²) in [5.74, 6) is 0.764. The van der Waals surface area contributed by atoms with Crippen LogP contribution in [0, 0.1) is 16.0 Å². The standard InChI is InChI=1S/C15H22ClN3O4S.ClH/c1-12-5-9-18(10-6-12)8-2-7-17-24(22,23)13-3-4-14(16)15(11-13)19(20)21;/h3-4,11-12,17H,2,5-10H2,1H3;1H. The molecule has 0 atom stereocenters. The van der Waals surface area contributed by atoms with Crippen molar-refractivity contribution in [1.82, 2.24) is 9.62 Å². The largest absolute Gasteiger partial charge is 0.303 e. The number of nitro groups is 1. The first-order chi connectivity index (χ1) is 11.3. The van der Waals surface area contributed by atoms with Gasteiger partial charge in [-0.25, -0.2) is 13.1 Å². The number of sulfonamides is 1. The van der Waals surface area contributed by atoms with Crippen LogP contribution in [-0.4, -0.2) is 44.4 Å². The lowest BCUT2D eigenvalue weighted by atomic mass is 9.99. The zero-order chi connectivity index (χ0) is 17.7. The molecule has 0 radical (unpaired) electrons. The van der Waals surface area contributed by atoms with Crippen LogP contribution in [0.2, 0.25) is 5.02 Å². The minimum Gasteiger partial charge on any atom is -0.303 e. The first-order valence-corrected chi connectivity index (χ1v) is 9.81. The van der Waals surface area contributed by atoms with Gasteiger partial charge in [0, 0.05) is 12.6 Å². The van der Waals surface area contributed by atoms with Crippen LogP contribution in [0.5, 0.6) is 0 Å². The Kier molecular flexibility index (Phi) is 8.56. The predicted octanol–water partition coefficient (Wildman–Crippen LogP) is 3.07. The zero-order valence-electron chi connectivity index (χ0n) is 14.0. The molecule has 0 spiro atoms. The smallest absolute Gasteiger partial charge is 0.289 e. The van der Waals surface area contributed by atoms with Gasteiger partial charge in [-0.3, -0.25) is 10.1 Å². The Labute approximate surface area is 159 Å². The average Bonchev–Trinajstić information content (AvgIpc) is 2.53. The van der Waals surface area contributed by atoms with Crippen LogP contribution in [0.25, 0.3) is 0 Å². The molecule has 0 amide bonds. The molecular formula is C15H23Cl2N3O4S. The molecule has 1 aromatic rings. The number of rotatable bonds is 7. The molecule has 1 fully saturated rings. The molecule has 7 nitrogen and oxygen atoms in total. The van der Waals surface area contributed by atoms with Gasteiger partial charge in [0.05, 0.1) is 9.82 Å². The molecule has 10 heteroatoms. The Morgan fingerprint density at radius 1 is 1.36 bits per heavy atom. The highest BCUT2D eigenvalue weighted by Crippen LogP contribution is 2.26. The normalized spacial score (nSPS) is 16.4. The van der Waals surface area contributed by atoms with E-state index in [9.17, 15) is 18.5 Å². The van der Waals surface area contributed by atoms with Crippen molar-refractivity contribution >= 4 is 39.7 Å². The summed E-state index contributed by atoms with van der Waals surface area (Å²) in [5, 5.41) is 10.8. The van der Waals surface area contributed by atoms with Crippen LogP contribution < -0.4 is 4.72 Å². The van der Waals surface area contributed by atoms with Crippen molar-refractivity contribution in [2.45, 2.75) is 31.1 Å². The molecule has 1 aromatic carbocycles. The van der Waals surface area contributed by atoms with E-state index in [4.69, 9.17) is 11.6 Å². The fourth-order valence-electron chi connectivity index (χ4n) is 2.68. The Balaban J connectivity index is 0.00000312. The van der Waals surface area contributed by atoms with Gasteiger partial charge in [-0.05, 0) is 56.9 Å². The third-order valence-corrected chi connectivity index (χ3v) is 6.02. The SMILES string of the molecule is CC1CCN(CCCNS(=O)(=O)c2ccc(Cl)c([N+](=O)[O-])c2)CC1.Cl. The fraction of sp³-hybridized carbons (Fsp3) is 0.600. The number of nitrogens with one attached hydrogen (secondary N) is 1. The second-order valence-corrected chi connectivity index (χ2v) is 8.32. The maximum Gasteiger partial charge on any atom is 0.289 e. The minimum absolute atomic E-state index is 0. The number of benzene rings is 1. The third kappa shape index (κ3) is 6.38. The van der Waals surface area contributed by atoms with Gasteiger partial charge in [0.1, 0.15) is 5.02 Å². The number of likely N-dealkylation sites (tertiary alicyclic amines) is 1. The Morgan fingerprint density at radius 3 is 2.60 bits per heavy atom. The average molecular weight is 412 g/mol. The van der Waals surface area contributed by atoms with Gasteiger partial charge >= 0.3 is 0 Å². The van der Waals surface area contributed by atoms with Crippen LogP contribution in [0.15, 0.2) is 23.1 Å². The summed E-state index contributed by atoms with van der Waals surface area (Å²) in [5.41, 5.74) is -0.415. The molecule has 1 heterocycles. The molecule has 0 aliphatic carbocycles. The Hall–Kier alpha value is -0.930. The summed E-state index contributed by atoms with van der Waals surface area (Å²) in [6.45, 7) is 5.49. The lowest BCUT2D eigenvalue weighted by molar-refractivity contribution is -0.384. The predicted molar refractivity (Wildman–Crippen MR) is 100.0 cm³/mol. The van der Waals surface area contributed by atoms with Gasteiger partial charge in [0.2, 0.25) is 10.0 Å². The summed E-state index contributed by atoms with van der Waals surface area (Å²) in [4.78, 5) is 12.4. The highest BCUT2D eigenvalue weighted by atomic mass is 35.5. The number of hydrogen-bond acceptors (Lipinski definition) is 5. The lowest BCUT2D eigenvalue weighted by Gasteiger charge is -2.30. The van der Waals surface area contributed by atoms with Gasteiger partial charge in [0.25, 0.3) is 5.69 Å². The van der Waals surface area contributed by atoms with Crippen LogP contribution in [0.3, 0.4) is 0 Å². The van der Waals surface area contributed by atoms with Crippen molar-refractivity contribution in [3.8, 4) is 0 Å². The summed E-state index contributed by atoms with van der Waals surface area (Å²) in [6, 6.07) is 3.48. The fourth-order valence-corrected chi connectivity index (χ4v) is 3.96. The number of halogens is 2. The van der Waals surface area contributed by atoms with E-state index in [0.717, 1.165) is 31.6 Å². The Morgan fingerprint density at radius 2 is 2.00 bits per heavy atom. The minimum atomic E-state index is -3.78. The highest BCUT2D eigenvalue weighted by molar-refractivity contribution is 7.89. The monoisotopic (exact) mass is 411 g/mol. The van der Waals surface area contributed by atoms with E-state index in [2.05, 4.69) is 16.5 Å². The van der Waals surface area contributed by atoms with Crippen molar-refractivity contribution < 1.29 is 13.3 Å². The highest BCUT2D eigenvalue weighted by Gasteiger charge is 2.20. The van der Waals surface area contributed by atoms with Gasteiger partial charge < -0.3 is 4.90 Å². The third-order valence-electron chi connectivity index (χ3n) is 4.24. The maximum absolute atomic E-state index is 12.2. The summed E-state index contributed by atoms with van der Waals surface area (Å²) < 4.78 is 26.9. The Bertz CT molecular complexity index is 692. The van der Waals surface area contributed by atoms with Crippen molar-refractivity contribution in [2.24, 2.45) is 5.92 Å². The summed E-state index contributed by atoms with van der Waals surface area (Å²) in [7, 11) is -3.78. The van der Waals surface area contributed by atoms with Crippen molar-refractivity contribution in [3.63, 3.8) is 0 Å². The van der Waals surface area contributed by atoms with Crippen LogP contribution in [-0.2, 0) is 10.0 Å². The van der Waals surface area contributed by atoms with Crippen LogP contribution in [0.4, 0.5) is 5.69 Å². The van der Waals surface area contributed by atoms with E-state index < -0.39 is 20.6 Å². The quantitative estimate of drug-likeness (QED) is 0.422. The molecule has 1 N–H and O–H groups in total. The molecule has 142 valence electrons. The number of nitro benzene ring substituents is 1. The molecule has 25 heavy (non-hydrogen) atoms. The number of nitrogens with zero attached hydrogens (tertiary/aromatic N) is 2. The van der Waals surface area contributed by atoms with Gasteiger partial charge in [-0.2, -0.15) is 0 Å². The van der Waals surface area contributed by atoms with Crippen molar-refractivity contribution in [3.05, 3.63) is 33.3 Å². The number of piperidine rings is 1. The van der Waals surface area contributed by atoms with Gasteiger partial charge in [-0.15, -0.1) is 12.4 Å². The molecule has 1 saturated heterocycles. The second-order valence-electron chi connectivity index (χ2n) is 6.15. The molecule has 0 bridgehead atoms.